The number of carbonyl (C=O) groups is 3. The molecule has 0 aliphatic rings. The number of rotatable bonds is 20. The van der Waals surface area contributed by atoms with E-state index in [-0.39, 0.29) is 31.1 Å². The Balaban J connectivity index is 3.34. The highest BCUT2D eigenvalue weighted by atomic mass is 28.4. The second-order valence-corrected chi connectivity index (χ2v) is 13.3. The monoisotopic (exact) mass is 480 g/mol. The van der Waals surface area contributed by atoms with Crippen molar-refractivity contribution in [3.63, 3.8) is 0 Å². The Morgan fingerprint density at radius 1 is 0.688 bits per heavy atom. The molecule has 0 spiro atoms. The van der Waals surface area contributed by atoms with E-state index in [4.69, 9.17) is 33.2 Å². The molecule has 0 rings (SSSR count). The van der Waals surface area contributed by atoms with E-state index in [1.807, 2.05) is 0 Å². The Hall–Kier alpha value is -1.37. The molecule has 0 atom stereocenters. The first-order valence-electron chi connectivity index (χ1n) is 10.8. The number of carboxylic acid groups (broad SMARTS) is 1. The summed E-state index contributed by atoms with van der Waals surface area (Å²) in [5, 5.41) is 8.60. The average molecular weight is 481 g/mol. The summed E-state index contributed by atoms with van der Waals surface area (Å²) in [5.74, 6) is -3.20. The first-order chi connectivity index (χ1) is 15.0. The van der Waals surface area contributed by atoms with Crippen molar-refractivity contribution in [2.45, 2.75) is 51.7 Å². The van der Waals surface area contributed by atoms with Crippen LogP contribution < -0.4 is 0 Å². The predicted molar refractivity (Wildman–Crippen MR) is 119 cm³/mol. The highest BCUT2D eigenvalue weighted by Crippen LogP contribution is 2.36. The summed E-state index contributed by atoms with van der Waals surface area (Å²) in [5.41, 5.74) is 0. The number of esters is 1. The maximum atomic E-state index is 11.3. The highest BCUT2D eigenvalue weighted by molar-refractivity contribution is 6.74. The molecule has 0 saturated heterocycles. The van der Waals surface area contributed by atoms with Crippen LogP contribution in [0.1, 0.15) is 33.6 Å². The minimum Gasteiger partial charge on any atom is -0.476 e. The smallest absolute Gasteiger partial charge is 0.372 e. The van der Waals surface area contributed by atoms with Crippen LogP contribution in [0.3, 0.4) is 0 Å². The molecule has 0 unspecified atom stereocenters. The van der Waals surface area contributed by atoms with Gasteiger partial charge in [0.2, 0.25) is 5.78 Å². The van der Waals surface area contributed by atoms with Gasteiger partial charge in [-0.2, -0.15) is 0 Å². The molecular formula is C21H40O10Si. The topological polar surface area (TPSA) is 127 Å². The number of hydrogen-bond acceptors (Lipinski definition) is 9. The summed E-state index contributed by atoms with van der Waals surface area (Å²) < 4.78 is 32.4. The standard InChI is InChI=1S/C21H40O10Si/c1-21(2,3)32(4,5)31-17-15-29-13-11-27-9-8-26-10-12-28-14-16-30-19(23)7-6-18(22)20(24)25/h6-17H2,1-5H3,(H,24,25). The summed E-state index contributed by atoms with van der Waals surface area (Å²) in [4.78, 5) is 32.5. The fourth-order valence-electron chi connectivity index (χ4n) is 1.94. The van der Waals surface area contributed by atoms with Crippen molar-refractivity contribution in [1.82, 2.24) is 0 Å². The molecule has 11 heteroatoms. The van der Waals surface area contributed by atoms with Crippen LogP contribution in [0.5, 0.6) is 0 Å². The summed E-state index contributed by atoms with van der Waals surface area (Å²) in [7, 11) is -1.71. The van der Waals surface area contributed by atoms with E-state index < -0.39 is 26.0 Å². The lowest BCUT2D eigenvalue weighted by atomic mass is 10.2. The molecule has 0 radical (unpaired) electrons. The van der Waals surface area contributed by atoms with Crippen molar-refractivity contribution in [2.24, 2.45) is 0 Å². The summed E-state index contributed by atoms with van der Waals surface area (Å²) in [6, 6.07) is 0. The van der Waals surface area contributed by atoms with Crippen molar-refractivity contribution >= 4 is 26.0 Å². The lowest BCUT2D eigenvalue weighted by Crippen LogP contribution is -2.41. The molecule has 10 nitrogen and oxygen atoms in total. The molecule has 0 aromatic rings. The van der Waals surface area contributed by atoms with E-state index in [0.717, 1.165) is 0 Å². The Labute approximate surface area is 192 Å². The van der Waals surface area contributed by atoms with Crippen LogP contribution in [0.25, 0.3) is 0 Å². The lowest BCUT2D eigenvalue weighted by molar-refractivity contribution is -0.151. The van der Waals surface area contributed by atoms with Gasteiger partial charge in [0, 0.05) is 6.42 Å². The number of ketones is 1. The second kappa shape index (κ2) is 17.1. The first kappa shape index (κ1) is 30.6. The van der Waals surface area contributed by atoms with Crippen molar-refractivity contribution in [3.05, 3.63) is 0 Å². The van der Waals surface area contributed by atoms with E-state index in [1.54, 1.807) is 0 Å². The van der Waals surface area contributed by atoms with Gasteiger partial charge in [0.15, 0.2) is 8.32 Å². The zero-order valence-corrected chi connectivity index (χ0v) is 21.1. The Bertz CT molecular complexity index is 545. The molecule has 188 valence electrons. The predicted octanol–water partition coefficient (Wildman–Crippen LogP) is 2.05. The molecule has 0 aliphatic heterocycles. The minimum atomic E-state index is -1.71. The third-order valence-electron chi connectivity index (χ3n) is 4.90. The van der Waals surface area contributed by atoms with E-state index >= 15 is 0 Å². The van der Waals surface area contributed by atoms with E-state index in [1.165, 1.54) is 0 Å². The molecule has 0 amide bonds. The fraction of sp³-hybridized carbons (Fsp3) is 0.857. The number of Topliss-reactive ketones (excluding diaryl/α,β-unsaturated/α-hetero) is 1. The van der Waals surface area contributed by atoms with Gasteiger partial charge in [0.05, 0.1) is 65.9 Å². The van der Waals surface area contributed by atoms with Gasteiger partial charge < -0.3 is 33.2 Å². The molecule has 1 N–H and O–H groups in total. The number of aliphatic carboxylic acids is 1. The summed E-state index contributed by atoms with van der Waals surface area (Å²) in [6.45, 7) is 15.0. The molecule has 0 aromatic carbocycles. The van der Waals surface area contributed by atoms with Crippen LogP contribution in [0, 0.1) is 0 Å². The van der Waals surface area contributed by atoms with Gasteiger partial charge in [-0.3, -0.25) is 9.59 Å². The third kappa shape index (κ3) is 16.3. The first-order valence-corrected chi connectivity index (χ1v) is 13.7. The molecule has 0 aromatic heterocycles. The van der Waals surface area contributed by atoms with Gasteiger partial charge in [-0.1, -0.05) is 20.8 Å². The van der Waals surface area contributed by atoms with Crippen LogP contribution in [0.2, 0.25) is 18.1 Å². The second-order valence-electron chi connectivity index (χ2n) is 8.51. The van der Waals surface area contributed by atoms with Gasteiger partial charge in [-0.25, -0.2) is 4.79 Å². The SMILES string of the molecule is CC(C)(C)[Si](C)(C)OCCOCCOCCOCCOCCOC(=O)CCC(=O)C(=O)O. The molecule has 0 bridgehead atoms. The van der Waals surface area contributed by atoms with Gasteiger partial charge in [0.25, 0.3) is 0 Å². The quantitative estimate of drug-likeness (QED) is 0.120. The average Bonchev–Trinajstić information content (AvgIpc) is 2.70. The third-order valence-corrected chi connectivity index (χ3v) is 9.44. The van der Waals surface area contributed by atoms with E-state index in [9.17, 15) is 14.4 Å². The lowest BCUT2D eigenvalue weighted by Gasteiger charge is -2.36. The molecular weight excluding hydrogens is 440 g/mol. The largest absolute Gasteiger partial charge is 0.476 e. The zero-order chi connectivity index (χ0) is 24.5. The van der Waals surface area contributed by atoms with Crippen LogP contribution in [0.4, 0.5) is 0 Å². The molecule has 0 fully saturated rings. The van der Waals surface area contributed by atoms with E-state index in [0.29, 0.717) is 52.9 Å². The maximum absolute atomic E-state index is 11.3. The highest BCUT2D eigenvalue weighted by Gasteiger charge is 2.36. The molecule has 32 heavy (non-hydrogen) atoms. The zero-order valence-electron chi connectivity index (χ0n) is 20.1. The van der Waals surface area contributed by atoms with Gasteiger partial charge >= 0.3 is 11.9 Å². The number of carbonyl (C=O) groups excluding carboxylic acids is 2. The van der Waals surface area contributed by atoms with Crippen molar-refractivity contribution in [3.8, 4) is 0 Å². The molecule has 0 aliphatic carbocycles. The van der Waals surface area contributed by atoms with Crippen LogP contribution >= 0.6 is 0 Å². The van der Waals surface area contributed by atoms with Gasteiger partial charge in [0.1, 0.15) is 6.61 Å². The molecule has 0 heterocycles. The Kier molecular flexibility index (Phi) is 16.4. The summed E-state index contributed by atoms with van der Waals surface area (Å²) in [6.07, 6.45) is -0.632. The van der Waals surface area contributed by atoms with E-state index in [2.05, 4.69) is 33.9 Å². The number of ether oxygens (including phenoxy) is 5. The Morgan fingerprint density at radius 2 is 1.09 bits per heavy atom. The fourth-order valence-corrected chi connectivity index (χ4v) is 2.97. The van der Waals surface area contributed by atoms with Gasteiger partial charge in [-0.05, 0) is 18.1 Å². The van der Waals surface area contributed by atoms with Crippen molar-refractivity contribution < 1.29 is 47.6 Å². The minimum absolute atomic E-state index is 0.0319. The molecule has 0 saturated carbocycles. The Morgan fingerprint density at radius 3 is 1.50 bits per heavy atom. The normalized spacial score (nSPS) is 12.0. The van der Waals surface area contributed by atoms with Crippen molar-refractivity contribution in [1.29, 1.82) is 0 Å². The number of carboxylic acids is 1. The van der Waals surface area contributed by atoms with Crippen LogP contribution in [-0.2, 0) is 42.5 Å². The maximum Gasteiger partial charge on any atom is 0.372 e. The van der Waals surface area contributed by atoms with Crippen LogP contribution in [0.15, 0.2) is 0 Å². The number of hydrogen-bond donors (Lipinski definition) is 1. The summed E-state index contributed by atoms with van der Waals surface area (Å²) >= 11 is 0. The van der Waals surface area contributed by atoms with Crippen molar-refractivity contribution in [2.75, 3.05) is 66.1 Å². The van der Waals surface area contributed by atoms with Crippen LogP contribution in [-0.4, -0.2) is 97.2 Å². The van der Waals surface area contributed by atoms with Gasteiger partial charge in [-0.15, -0.1) is 0 Å².